The molecule has 0 amide bonds. The quantitative estimate of drug-likeness (QED) is 0.795. The molecule has 108 valence electrons. The van der Waals surface area contributed by atoms with Crippen LogP contribution in [0.25, 0.3) is 5.65 Å². The number of hydrogen-bond acceptors (Lipinski definition) is 5. The second kappa shape index (κ2) is 4.97. The van der Waals surface area contributed by atoms with Gasteiger partial charge < -0.3 is 0 Å². The molecule has 0 saturated heterocycles. The Balaban J connectivity index is 1.97. The maximum absolute atomic E-state index is 12.2. The highest BCUT2D eigenvalue weighted by Crippen LogP contribution is 2.18. The number of nitrogens with one attached hydrogen (secondary N) is 1. The molecule has 0 saturated carbocycles. The molecule has 0 spiro atoms. The smallest absolute Gasteiger partial charge is 0.263 e. The number of aromatic nitrogens is 4. The van der Waals surface area contributed by atoms with Crippen molar-refractivity contribution in [3.63, 3.8) is 0 Å². The Labute approximate surface area is 125 Å². The van der Waals surface area contributed by atoms with Crippen molar-refractivity contribution >= 4 is 33.0 Å². The van der Waals surface area contributed by atoms with E-state index in [-0.39, 0.29) is 9.92 Å². The molecule has 0 aliphatic carbocycles. The summed E-state index contributed by atoms with van der Waals surface area (Å²) in [5.74, 6) is 0. The van der Waals surface area contributed by atoms with Crippen LogP contribution in [-0.2, 0) is 10.0 Å². The largest absolute Gasteiger partial charge is 0.276 e. The zero-order valence-electron chi connectivity index (χ0n) is 10.9. The fraction of sp³-hybridized carbons (Fsp3) is 0.0833. The summed E-state index contributed by atoms with van der Waals surface area (Å²) in [5.41, 5.74) is 1.87. The summed E-state index contributed by atoms with van der Waals surface area (Å²) < 4.78 is 28.4. The van der Waals surface area contributed by atoms with Crippen molar-refractivity contribution < 1.29 is 8.42 Å². The molecule has 9 heteroatoms. The highest BCUT2D eigenvalue weighted by Gasteiger charge is 2.16. The Bertz CT molecular complexity index is 922. The molecule has 3 aromatic rings. The molecule has 0 atom stereocenters. The summed E-state index contributed by atoms with van der Waals surface area (Å²) in [6.45, 7) is 1.87. The van der Waals surface area contributed by atoms with E-state index in [1.807, 2.05) is 6.92 Å². The molecule has 0 aliphatic rings. The minimum atomic E-state index is -3.78. The standard InChI is InChI=1S/C12H10ClN5O2S/c1-8-3-16-18-7-10(5-15-12(8)18)17-21(19,20)11-2-9(13)4-14-6-11/h2-7,17H,1H3. The van der Waals surface area contributed by atoms with Crippen LogP contribution in [0, 0.1) is 6.92 Å². The fourth-order valence-electron chi connectivity index (χ4n) is 1.80. The molecule has 0 fully saturated rings. The van der Waals surface area contributed by atoms with Crippen LogP contribution in [0.5, 0.6) is 0 Å². The number of rotatable bonds is 3. The summed E-state index contributed by atoms with van der Waals surface area (Å²) in [7, 11) is -3.78. The van der Waals surface area contributed by atoms with Crippen molar-refractivity contribution in [1.82, 2.24) is 19.6 Å². The van der Waals surface area contributed by atoms with Crippen LogP contribution < -0.4 is 4.72 Å². The van der Waals surface area contributed by atoms with Crippen LogP contribution in [0.15, 0.2) is 41.9 Å². The van der Waals surface area contributed by atoms with E-state index in [1.54, 1.807) is 12.4 Å². The summed E-state index contributed by atoms with van der Waals surface area (Å²) in [6.07, 6.45) is 7.21. The maximum atomic E-state index is 12.2. The average Bonchev–Trinajstić information content (AvgIpc) is 2.79. The Morgan fingerprint density at radius 3 is 2.81 bits per heavy atom. The molecule has 3 aromatic heterocycles. The first-order valence-corrected chi connectivity index (χ1v) is 7.75. The number of fused-ring (bicyclic) bond motifs is 1. The number of sulfonamides is 1. The van der Waals surface area contributed by atoms with Gasteiger partial charge in [-0.2, -0.15) is 5.10 Å². The van der Waals surface area contributed by atoms with Gasteiger partial charge in [0.15, 0.2) is 5.65 Å². The number of hydrogen-bond donors (Lipinski definition) is 1. The van der Waals surface area contributed by atoms with Crippen LogP contribution in [0.3, 0.4) is 0 Å². The van der Waals surface area contributed by atoms with Crippen molar-refractivity contribution in [3.8, 4) is 0 Å². The van der Waals surface area contributed by atoms with E-state index in [0.29, 0.717) is 11.3 Å². The predicted molar refractivity (Wildman–Crippen MR) is 77.8 cm³/mol. The highest BCUT2D eigenvalue weighted by molar-refractivity contribution is 7.92. The molecule has 0 unspecified atom stereocenters. The second-order valence-electron chi connectivity index (χ2n) is 4.38. The monoisotopic (exact) mass is 323 g/mol. The zero-order valence-corrected chi connectivity index (χ0v) is 12.4. The number of nitrogens with zero attached hydrogens (tertiary/aromatic N) is 4. The van der Waals surface area contributed by atoms with Crippen molar-refractivity contribution in [1.29, 1.82) is 0 Å². The van der Waals surface area contributed by atoms with Gasteiger partial charge in [-0.1, -0.05) is 11.6 Å². The third-order valence-corrected chi connectivity index (χ3v) is 4.33. The molecule has 1 N–H and O–H groups in total. The Hall–Kier alpha value is -2.19. The summed E-state index contributed by atoms with van der Waals surface area (Å²) in [6, 6.07) is 1.32. The lowest BCUT2D eigenvalue weighted by Gasteiger charge is -2.07. The van der Waals surface area contributed by atoms with Crippen molar-refractivity contribution in [2.45, 2.75) is 11.8 Å². The number of halogens is 1. The van der Waals surface area contributed by atoms with Crippen molar-refractivity contribution in [2.24, 2.45) is 0 Å². The van der Waals surface area contributed by atoms with Gasteiger partial charge >= 0.3 is 0 Å². The lowest BCUT2D eigenvalue weighted by molar-refractivity contribution is 0.600. The molecular formula is C12H10ClN5O2S. The molecule has 7 nitrogen and oxygen atoms in total. The predicted octanol–water partition coefficient (Wildman–Crippen LogP) is 1.89. The first-order chi connectivity index (χ1) is 9.95. The van der Waals surface area contributed by atoms with Gasteiger partial charge in [0.1, 0.15) is 4.90 Å². The first-order valence-electron chi connectivity index (χ1n) is 5.89. The van der Waals surface area contributed by atoms with Gasteiger partial charge in [-0.3, -0.25) is 9.71 Å². The van der Waals surface area contributed by atoms with Gasteiger partial charge in [0.05, 0.1) is 29.3 Å². The van der Waals surface area contributed by atoms with E-state index in [4.69, 9.17) is 11.6 Å². The van der Waals surface area contributed by atoms with E-state index in [2.05, 4.69) is 19.8 Å². The van der Waals surface area contributed by atoms with Crippen molar-refractivity contribution in [3.05, 3.63) is 47.6 Å². The molecule has 3 rings (SSSR count). The van der Waals surface area contributed by atoms with Gasteiger partial charge in [0.2, 0.25) is 0 Å². The topological polar surface area (TPSA) is 89.2 Å². The van der Waals surface area contributed by atoms with Gasteiger partial charge in [0, 0.05) is 18.0 Å². The summed E-state index contributed by atoms with van der Waals surface area (Å²) in [4.78, 5) is 7.91. The Morgan fingerprint density at radius 1 is 1.24 bits per heavy atom. The summed E-state index contributed by atoms with van der Waals surface area (Å²) >= 11 is 5.75. The van der Waals surface area contributed by atoms with Crippen molar-refractivity contribution in [2.75, 3.05) is 4.72 Å². The SMILES string of the molecule is Cc1cnn2cc(NS(=O)(=O)c3cncc(Cl)c3)cnc12. The molecule has 0 aliphatic heterocycles. The number of pyridine rings is 1. The lowest BCUT2D eigenvalue weighted by atomic mass is 10.4. The molecule has 3 heterocycles. The molecule has 0 aromatic carbocycles. The van der Waals surface area contributed by atoms with Crippen LogP contribution >= 0.6 is 11.6 Å². The molecule has 0 bridgehead atoms. The lowest BCUT2D eigenvalue weighted by Crippen LogP contribution is -2.14. The fourth-order valence-corrected chi connectivity index (χ4v) is 3.05. The van der Waals surface area contributed by atoms with Crippen LogP contribution in [-0.4, -0.2) is 28.0 Å². The minimum absolute atomic E-state index is 0.0215. The Kier molecular flexibility index (Phi) is 3.26. The van der Waals surface area contributed by atoms with Gasteiger partial charge in [-0.15, -0.1) is 0 Å². The van der Waals surface area contributed by atoms with Crippen LogP contribution in [0.4, 0.5) is 5.69 Å². The average molecular weight is 324 g/mol. The molecular weight excluding hydrogens is 314 g/mol. The van der Waals surface area contributed by atoms with Gasteiger partial charge in [-0.25, -0.2) is 17.9 Å². The van der Waals surface area contributed by atoms with Crippen LogP contribution in [0.1, 0.15) is 5.56 Å². The first kappa shape index (κ1) is 13.8. The minimum Gasteiger partial charge on any atom is -0.276 e. The van der Waals surface area contributed by atoms with Gasteiger partial charge in [0.25, 0.3) is 10.0 Å². The Morgan fingerprint density at radius 2 is 2.05 bits per heavy atom. The molecule has 21 heavy (non-hydrogen) atoms. The third kappa shape index (κ3) is 2.67. The van der Waals surface area contributed by atoms with E-state index in [0.717, 1.165) is 5.56 Å². The van der Waals surface area contributed by atoms with E-state index >= 15 is 0 Å². The summed E-state index contributed by atoms with van der Waals surface area (Å²) in [5, 5.41) is 4.33. The van der Waals surface area contributed by atoms with E-state index in [9.17, 15) is 8.42 Å². The number of anilines is 1. The van der Waals surface area contributed by atoms with E-state index < -0.39 is 10.0 Å². The number of aryl methyl sites for hydroxylation is 1. The zero-order chi connectivity index (χ0) is 15.0. The van der Waals surface area contributed by atoms with E-state index in [1.165, 1.54) is 29.2 Å². The maximum Gasteiger partial charge on any atom is 0.263 e. The molecule has 0 radical (unpaired) electrons. The second-order valence-corrected chi connectivity index (χ2v) is 6.50. The normalized spacial score (nSPS) is 11.7. The highest BCUT2D eigenvalue weighted by atomic mass is 35.5. The van der Waals surface area contributed by atoms with Gasteiger partial charge in [-0.05, 0) is 13.0 Å². The third-order valence-electron chi connectivity index (χ3n) is 2.78. The van der Waals surface area contributed by atoms with Crippen LogP contribution in [0.2, 0.25) is 5.02 Å².